The molecule has 0 aliphatic rings. The van der Waals surface area contributed by atoms with Crippen LogP contribution in [0.3, 0.4) is 0 Å². The van der Waals surface area contributed by atoms with Crippen molar-refractivity contribution >= 4 is 11.9 Å². The van der Waals surface area contributed by atoms with Crippen molar-refractivity contribution < 1.29 is 49.0 Å². The molecular weight excluding hydrogens is 476 g/mol. The number of nitrogens with two attached hydrogens (primary N) is 2. The van der Waals surface area contributed by atoms with E-state index in [9.17, 15) is 9.59 Å². The number of methoxy groups -OCH3 is 4. The first-order valence-corrected chi connectivity index (χ1v) is 10.7. The molecule has 0 spiro atoms. The van der Waals surface area contributed by atoms with E-state index in [4.69, 9.17) is 50.8 Å². The minimum Gasteiger partial charge on any atom is -0.493 e. The molecule has 0 aromatic heterocycles. The van der Waals surface area contributed by atoms with Gasteiger partial charge in [0.05, 0.1) is 28.4 Å². The average Bonchev–Trinajstić information content (AvgIpc) is 2.88. The standard InChI is InChI=1S/2C10H15NO2.C4H6O6/c2*1-12-9-4-3-8(5-6-11)7-10(9)13-2;5-1(3(7)8)2(6)4(9)10/h2*3-4,7H,5-6,11H2,1-2H3;1-2,5-6H,(H,7,8)(H,9,10). The molecule has 202 valence electrons. The summed E-state index contributed by atoms with van der Waals surface area (Å²) in [5, 5.41) is 32.5. The Bertz CT molecular complexity index is 864. The maximum Gasteiger partial charge on any atom is 0.335 e. The third-order valence-corrected chi connectivity index (χ3v) is 4.57. The van der Waals surface area contributed by atoms with E-state index in [-0.39, 0.29) is 0 Å². The monoisotopic (exact) mass is 512 g/mol. The molecule has 2 atom stereocenters. The fraction of sp³-hybridized carbons (Fsp3) is 0.417. The van der Waals surface area contributed by atoms with Crippen LogP contribution >= 0.6 is 0 Å². The van der Waals surface area contributed by atoms with Gasteiger partial charge in [-0.05, 0) is 61.3 Å². The van der Waals surface area contributed by atoms with Gasteiger partial charge in [-0.2, -0.15) is 0 Å². The molecule has 0 fully saturated rings. The summed E-state index contributed by atoms with van der Waals surface area (Å²) in [6, 6.07) is 11.7. The summed E-state index contributed by atoms with van der Waals surface area (Å²) in [6.45, 7) is 1.30. The summed E-state index contributed by atoms with van der Waals surface area (Å²) >= 11 is 0. The molecule has 0 bridgehead atoms. The fourth-order valence-electron chi connectivity index (χ4n) is 2.68. The summed E-state index contributed by atoms with van der Waals surface area (Å²) in [5.74, 6) is -0.516. The number of carboxylic acids is 2. The van der Waals surface area contributed by atoms with Crippen LogP contribution in [0.4, 0.5) is 0 Å². The second-order valence-electron chi connectivity index (χ2n) is 7.02. The maximum atomic E-state index is 9.77. The van der Waals surface area contributed by atoms with Crippen molar-refractivity contribution in [2.45, 2.75) is 25.0 Å². The smallest absolute Gasteiger partial charge is 0.335 e. The van der Waals surface area contributed by atoms with E-state index < -0.39 is 24.1 Å². The lowest BCUT2D eigenvalue weighted by Crippen LogP contribution is -2.39. The van der Waals surface area contributed by atoms with Gasteiger partial charge in [-0.1, -0.05) is 12.1 Å². The SMILES string of the molecule is COc1ccc(CCN)cc1OC.COc1ccc(CCN)cc1OC.O=C(O)C(O)C(O)C(=O)O. The van der Waals surface area contributed by atoms with Gasteiger partial charge in [-0.3, -0.25) is 0 Å². The molecule has 8 N–H and O–H groups in total. The van der Waals surface area contributed by atoms with Crippen LogP contribution < -0.4 is 30.4 Å². The van der Waals surface area contributed by atoms with Crippen LogP contribution in [0.1, 0.15) is 11.1 Å². The number of carbonyl (C=O) groups is 2. The summed E-state index contributed by atoms with van der Waals surface area (Å²) in [4.78, 5) is 19.5. The van der Waals surface area contributed by atoms with Crippen molar-refractivity contribution in [1.82, 2.24) is 0 Å². The van der Waals surface area contributed by atoms with Crippen LogP contribution in [-0.4, -0.2) is 86.1 Å². The van der Waals surface area contributed by atoms with E-state index in [2.05, 4.69) is 0 Å². The number of carboxylic acid groups (broad SMARTS) is 2. The maximum absolute atomic E-state index is 9.77. The van der Waals surface area contributed by atoms with Gasteiger partial charge in [0, 0.05) is 0 Å². The summed E-state index contributed by atoms with van der Waals surface area (Å²) in [6.07, 6.45) is -2.81. The minimum absolute atomic E-state index is 0.648. The predicted octanol–water partition coefficient (Wildman–Crippen LogP) is 0.287. The molecule has 0 saturated heterocycles. The Balaban J connectivity index is 0.000000517. The van der Waals surface area contributed by atoms with Crippen molar-refractivity contribution in [1.29, 1.82) is 0 Å². The highest BCUT2D eigenvalue weighted by molar-refractivity contribution is 5.83. The number of aliphatic hydroxyl groups excluding tert-OH is 2. The first-order chi connectivity index (χ1) is 17.1. The van der Waals surface area contributed by atoms with Crippen LogP contribution in [0.25, 0.3) is 0 Å². The van der Waals surface area contributed by atoms with Gasteiger partial charge in [0.15, 0.2) is 35.2 Å². The number of aliphatic carboxylic acids is 2. The van der Waals surface area contributed by atoms with Crippen molar-refractivity contribution in [3.8, 4) is 23.0 Å². The third kappa shape index (κ3) is 11.2. The largest absolute Gasteiger partial charge is 0.493 e. The molecule has 0 amide bonds. The second-order valence-corrected chi connectivity index (χ2v) is 7.02. The fourth-order valence-corrected chi connectivity index (χ4v) is 2.68. The lowest BCUT2D eigenvalue weighted by Gasteiger charge is -2.08. The molecule has 2 rings (SSSR count). The number of benzene rings is 2. The molecule has 2 aromatic carbocycles. The van der Waals surface area contributed by atoms with Crippen molar-refractivity contribution in [3.05, 3.63) is 47.5 Å². The molecule has 36 heavy (non-hydrogen) atoms. The van der Waals surface area contributed by atoms with Crippen LogP contribution in [-0.2, 0) is 22.4 Å². The quantitative estimate of drug-likeness (QED) is 0.240. The number of ether oxygens (including phenoxy) is 4. The topological polar surface area (TPSA) is 204 Å². The molecular formula is C24H36N2O10. The van der Waals surface area contributed by atoms with Crippen molar-refractivity contribution in [3.63, 3.8) is 0 Å². The number of hydrogen-bond donors (Lipinski definition) is 6. The van der Waals surface area contributed by atoms with E-state index >= 15 is 0 Å². The first kappa shape index (κ1) is 32.4. The first-order valence-electron chi connectivity index (χ1n) is 10.7. The van der Waals surface area contributed by atoms with E-state index in [0.29, 0.717) is 13.1 Å². The van der Waals surface area contributed by atoms with Gasteiger partial charge in [-0.25, -0.2) is 9.59 Å². The number of rotatable bonds is 11. The van der Waals surface area contributed by atoms with Crippen LogP contribution in [0.2, 0.25) is 0 Å². The third-order valence-electron chi connectivity index (χ3n) is 4.57. The van der Waals surface area contributed by atoms with Gasteiger partial charge in [0.2, 0.25) is 0 Å². The summed E-state index contributed by atoms with van der Waals surface area (Å²) < 4.78 is 20.5. The lowest BCUT2D eigenvalue weighted by atomic mass is 10.1. The highest BCUT2D eigenvalue weighted by Crippen LogP contribution is 2.28. The number of hydrogen-bond acceptors (Lipinski definition) is 10. The molecule has 0 aliphatic carbocycles. The number of aliphatic hydroxyl groups is 2. The van der Waals surface area contributed by atoms with E-state index in [1.54, 1.807) is 28.4 Å². The van der Waals surface area contributed by atoms with Crippen molar-refractivity contribution in [2.75, 3.05) is 41.5 Å². The van der Waals surface area contributed by atoms with E-state index in [1.807, 2.05) is 36.4 Å². The van der Waals surface area contributed by atoms with Gasteiger partial charge in [0.25, 0.3) is 0 Å². The van der Waals surface area contributed by atoms with Crippen LogP contribution in [0.15, 0.2) is 36.4 Å². The summed E-state index contributed by atoms with van der Waals surface area (Å²) in [7, 11) is 6.51. The Kier molecular flexibility index (Phi) is 16.0. The van der Waals surface area contributed by atoms with Crippen LogP contribution in [0, 0.1) is 0 Å². The Hall–Kier alpha value is -3.58. The predicted molar refractivity (Wildman–Crippen MR) is 132 cm³/mol. The van der Waals surface area contributed by atoms with Gasteiger partial charge in [0.1, 0.15) is 0 Å². The molecule has 2 unspecified atom stereocenters. The highest BCUT2D eigenvalue weighted by atomic mass is 16.5. The second kappa shape index (κ2) is 17.8. The molecule has 2 aromatic rings. The van der Waals surface area contributed by atoms with Gasteiger partial charge >= 0.3 is 11.9 Å². The van der Waals surface area contributed by atoms with E-state index in [0.717, 1.165) is 35.8 Å². The zero-order valence-corrected chi connectivity index (χ0v) is 20.8. The normalized spacial score (nSPS) is 11.4. The lowest BCUT2D eigenvalue weighted by molar-refractivity contribution is -0.165. The van der Waals surface area contributed by atoms with Gasteiger partial charge < -0.3 is 50.8 Å². The summed E-state index contributed by atoms with van der Waals surface area (Å²) in [5.41, 5.74) is 13.2. The average molecular weight is 513 g/mol. The molecule has 0 saturated carbocycles. The Morgan fingerprint density at radius 1 is 0.667 bits per heavy atom. The van der Waals surface area contributed by atoms with Crippen LogP contribution in [0.5, 0.6) is 23.0 Å². The molecule has 0 aliphatic heterocycles. The zero-order valence-electron chi connectivity index (χ0n) is 20.8. The van der Waals surface area contributed by atoms with Crippen molar-refractivity contribution in [2.24, 2.45) is 11.5 Å². The Labute approximate surface area is 210 Å². The Morgan fingerprint density at radius 2 is 0.972 bits per heavy atom. The molecule has 12 nitrogen and oxygen atoms in total. The highest BCUT2D eigenvalue weighted by Gasteiger charge is 2.29. The molecule has 0 heterocycles. The molecule has 12 heteroatoms. The Morgan fingerprint density at radius 3 is 1.19 bits per heavy atom. The van der Waals surface area contributed by atoms with E-state index in [1.165, 1.54) is 11.1 Å². The zero-order chi connectivity index (χ0) is 27.7. The minimum atomic E-state index is -2.27. The van der Waals surface area contributed by atoms with Gasteiger partial charge in [-0.15, -0.1) is 0 Å². The molecule has 0 radical (unpaired) electrons.